The number of anilines is 1. The van der Waals surface area contributed by atoms with Crippen LogP contribution in [0.4, 0.5) is 9.93 Å². The molecule has 0 unspecified atom stereocenters. The second-order valence-corrected chi connectivity index (χ2v) is 7.73. The fourth-order valence-corrected chi connectivity index (χ4v) is 3.42. The molecule has 8 heteroatoms. The molecule has 0 spiro atoms. The van der Waals surface area contributed by atoms with Crippen LogP contribution in [-0.4, -0.2) is 40.2 Å². The van der Waals surface area contributed by atoms with E-state index < -0.39 is 0 Å². The molecule has 0 atom stereocenters. The fraction of sp³-hybridized carbons (Fsp3) is 0.350. The number of amides is 2. The maximum Gasteiger partial charge on any atom is 0.321 e. The van der Waals surface area contributed by atoms with E-state index in [-0.39, 0.29) is 6.03 Å². The predicted molar refractivity (Wildman–Crippen MR) is 109 cm³/mol. The van der Waals surface area contributed by atoms with Crippen molar-refractivity contribution in [1.29, 1.82) is 0 Å². The Morgan fingerprint density at radius 2 is 2.29 bits per heavy atom. The minimum absolute atomic E-state index is 0.283. The number of pyridine rings is 1. The molecule has 3 aromatic rings. The van der Waals surface area contributed by atoms with Gasteiger partial charge in [-0.25, -0.2) is 14.8 Å². The number of thiazole rings is 1. The zero-order valence-electron chi connectivity index (χ0n) is 15.6. The van der Waals surface area contributed by atoms with Crippen molar-refractivity contribution in [3.63, 3.8) is 0 Å². The summed E-state index contributed by atoms with van der Waals surface area (Å²) < 4.78 is 7.42. The normalized spacial score (nSPS) is 13.2. The molecule has 7 nitrogen and oxygen atoms in total. The number of urea groups is 1. The molecule has 3 heterocycles. The highest BCUT2D eigenvalue weighted by Gasteiger charge is 2.20. The Morgan fingerprint density at radius 3 is 3.14 bits per heavy atom. The first-order valence-corrected chi connectivity index (χ1v) is 10.0. The lowest BCUT2D eigenvalue weighted by atomic mass is 10.2. The molecular weight excluding hydrogens is 374 g/mol. The van der Waals surface area contributed by atoms with Crippen molar-refractivity contribution in [2.75, 3.05) is 25.1 Å². The van der Waals surface area contributed by atoms with Crippen LogP contribution in [0.1, 0.15) is 29.0 Å². The van der Waals surface area contributed by atoms with Gasteiger partial charge in [-0.2, -0.15) is 0 Å². The average molecular weight is 395 g/mol. The van der Waals surface area contributed by atoms with E-state index in [9.17, 15) is 4.79 Å². The van der Waals surface area contributed by atoms with Crippen molar-refractivity contribution in [2.24, 2.45) is 5.92 Å². The highest BCUT2D eigenvalue weighted by atomic mass is 32.1. The molecule has 0 aromatic carbocycles. The van der Waals surface area contributed by atoms with Crippen LogP contribution in [0.15, 0.2) is 30.9 Å². The number of aromatic nitrogens is 3. The lowest BCUT2D eigenvalue weighted by Crippen LogP contribution is -2.31. The van der Waals surface area contributed by atoms with E-state index >= 15 is 0 Å². The number of hydrogen-bond donors (Lipinski definition) is 2. The summed E-state index contributed by atoms with van der Waals surface area (Å²) in [6.45, 7) is 3.68. The van der Waals surface area contributed by atoms with Gasteiger partial charge >= 0.3 is 6.03 Å². The van der Waals surface area contributed by atoms with Gasteiger partial charge in [0.2, 0.25) is 0 Å². The topological polar surface area (TPSA) is 80.5 Å². The molecule has 0 aliphatic heterocycles. The van der Waals surface area contributed by atoms with Gasteiger partial charge < -0.3 is 14.5 Å². The minimum atomic E-state index is -0.283. The third-order valence-corrected chi connectivity index (χ3v) is 5.32. The van der Waals surface area contributed by atoms with E-state index in [0.29, 0.717) is 18.3 Å². The van der Waals surface area contributed by atoms with E-state index in [0.717, 1.165) is 34.2 Å². The van der Waals surface area contributed by atoms with Crippen LogP contribution in [0.2, 0.25) is 0 Å². The monoisotopic (exact) mass is 395 g/mol. The SMILES string of the molecule is Cc1nc(NC(=O)NCCOCC2CC2)sc1C#Cc1ccc2cncn2c1. The molecule has 144 valence electrons. The quantitative estimate of drug-likeness (QED) is 0.497. The number of nitrogens with zero attached hydrogens (tertiary/aromatic N) is 3. The first-order valence-electron chi connectivity index (χ1n) is 9.21. The van der Waals surface area contributed by atoms with Gasteiger partial charge in [0.05, 0.1) is 30.3 Å². The summed E-state index contributed by atoms with van der Waals surface area (Å²) in [5, 5.41) is 6.06. The van der Waals surface area contributed by atoms with Gasteiger partial charge in [-0.15, -0.1) is 0 Å². The molecule has 2 N–H and O–H groups in total. The van der Waals surface area contributed by atoms with Gasteiger partial charge in [-0.3, -0.25) is 5.32 Å². The summed E-state index contributed by atoms with van der Waals surface area (Å²) in [6.07, 6.45) is 8.01. The Kier molecular flexibility index (Phi) is 5.55. The standard InChI is InChI=1S/C20H21N5O2S/c1-14-18(7-5-15-4-6-17-10-21-13-25(17)11-15)28-20(23-14)24-19(26)22-8-9-27-12-16-2-3-16/h4,6,10-11,13,16H,2-3,8-9,12H2,1H3,(H2,22,23,24,26). The van der Waals surface area contributed by atoms with Gasteiger partial charge in [-0.05, 0) is 43.7 Å². The number of rotatable bonds is 6. The maximum absolute atomic E-state index is 12.0. The maximum atomic E-state index is 12.0. The van der Waals surface area contributed by atoms with Crippen LogP contribution >= 0.6 is 11.3 Å². The molecule has 3 aromatic heterocycles. The lowest BCUT2D eigenvalue weighted by molar-refractivity contribution is 0.127. The van der Waals surface area contributed by atoms with Crippen LogP contribution < -0.4 is 10.6 Å². The number of carbonyl (C=O) groups is 1. The third-order valence-electron chi connectivity index (χ3n) is 4.33. The molecule has 2 amide bonds. The van der Waals surface area contributed by atoms with Crippen LogP contribution in [0, 0.1) is 24.7 Å². The second kappa shape index (κ2) is 8.42. The number of aryl methyl sites for hydroxylation is 1. The van der Waals surface area contributed by atoms with Crippen molar-refractivity contribution >= 4 is 28.0 Å². The highest BCUT2D eigenvalue weighted by molar-refractivity contribution is 7.16. The van der Waals surface area contributed by atoms with Gasteiger partial charge in [0.15, 0.2) is 5.13 Å². The van der Waals surface area contributed by atoms with E-state index in [2.05, 4.69) is 32.4 Å². The summed E-state index contributed by atoms with van der Waals surface area (Å²) in [7, 11) is 0. The summed E-state index contributed by atoms with van der Waals surface area (Å²) in [4.78, 5) is 21.3. The van der Waals surface area contributed by atoms with E-state index in [1.165, 1.54) is 24.2 Å². The first kappa shape index (κ1) is 18.5. The summed E-state index contributed by atoms with van der Waals surface area (Å²) in [5.74, 6) is 7.01. The number of ether oxygens (including phenoxy) is 1. The minimum Gasteiger partial charge on any atom is -0.379 e. The van der Waals surface area contributed by atoms with E-state index in [1.54, 1.807) is 12.5 Å². The molecule has 28 heavy (non-hydrogen) atoms. The molecular formula is C20H21N5O2S. The highest BCUT2D eigenvalue weighted by Crippen LogP contribution is 2.28. The number of imidazole rings is 1. The molecule has 1 fully saturated rings. The molecule has 1 saturated carbocycles. The van der Waals surface area contributed by atoms with Crippen molar-refractivity contribution in [3.8, 4) is 11.8 Å². The van der Waals surface area contributed by atoms with Gasteiger partial charge in [0.25, 0.3) is 0 Å². The molecule has 1 aliphatic rings. The molecule has 0 saturated heterocycles. The van der Waals surface area contributed by atoms with Crippen molar-refractivity contribution in [2.45, 2.75) is 19.8 Å². The van der Waals surface area contributed by atoms with Crippen molar-refractivity contribution < 1.29 is 9.53 Å². The number of fused-ring (bicyclic) bond motifs is 1. The zero-order valence-corrected chi connectivity index (χ0v) is 16.4. The van der Waals surface area contributed by atoms with Gasteiger partial charge in [-0.1, -0.05) is 17.3 Å². The number of carbonyl (C=O) groups excluding carboxylic acids is 1. The Bertz CT molecular complexity index is 1040. The number of nitrogens with one attached hydrogen (secondary N) is 2. The van der Waals surface area contributed by atoms with Crippen LogP contribution in [0.5, 0.6) is 0 Å². The first-order chi connectivity index (χ1) is 13.7. The average Bonchev–Trinajstić information content (AvgIpc) is 3.27. The van der Waals surface area contributed by atoms with Crippen LogP contribution in [-0.2, 0) is 4.74 Å². The summed E-state index contributed by atoms with van der Waals surface area (Å²) >= 11 is 1.36. The molecule has 1 aliphatic carbocycles. The Balaban J connectivity index is 1.31. The smallest absolute Gasteiger partial charge is 0.321 e. The van der Waals surface area contributed by atoms with Gasteiger partial charge in [0.1, 0.15) is 4.88 Å². The second-order valence-electron chi connectivity index (χ2n) is 6.73. The largest absolute Gasteiger partial charge is 0.379 e. The van der Waals surface area contributed by atoms with E-state index in [4.69, 9.17) is 4.74 Å². The fourth-order valence-electron chi connectivity index (χ4n) is 2.60. The zero-order chi connectivity index (χ0) is 19.3. The van der Waals surface area contributed by atoms with Crippen molar-refractivity contribution in [1.82, 2.24) is 19.7 Å². The predicted octanol–water partition coefficient (Wildman–Crippen LogP) is 3.05. The van der Waals surface area contributed by atoms with Crippen molar-refractivity contribution in [3.05, 3.63) is 47.0 Å². The summed E-state index contributed by atoms with van der Waals surface area (Å²) in [6, 6.07) is 3.65. The molecule has 0 bridgehead atoms. The molecule has 4 rings (SSSR count). The Hall–Kier alpha value is -2.89. The Morgan fingerprint density at radius 1 is 1.39 bits per heavy atom. The Labute approximate surface area is 167 Å². The van der Waals surface area contributed by atoms with Crippen LogP contribution in [0.25, 0.3) is 5.52 Å². The number of hydrogen-bond acceptors (Lipinski definition) is 5. The van der Waals surface area contributed by atoms with E-state index in [1.807, 2.05) is 29.7 Å². The van der Waals surface area contributed by atoms with Gasteiger partial charge in [0, 0.05) is 24.9 Å². The van der Waals surface area contributed by atoms with Crippen LogP contribution in [0.3, 0.4) is 0 Å². The third kappa shape index (κ3) is 4.88. The summed E-state index contributed by atoms with van der Waals surface area (Å²) in [5.41, 5.74) is 2.70. The lowest BCUT2D eigenvalue weighted by Gasteiger charge is -2.05. The molecule has 0 radical (unpaired) electrons.